The van der Waals surface area contributed by atoms with Crippen molar-refractivity contribution >= 4 is 11.8 Å². The normalized spacial score (nSPS) is 21.4. The van der Waals surface area contributed by atoms with E-state index in [2.05, 4.69) is 23.5 Å². The Morgan fingerprint density at radius 1 is 1.04 bits per heavy atom. The molecule has 0 spiro atoms. The van der Waals surface area contributed by atoms with Gasteiger partial charge in [-0.15, -0.1) is 0 Å². The molecule has 1 atom stereocenters. The number of carbonyl (C=O) groups is 2. The fraction of sp³-hybridized carbons (Fsp3) is 0.391. The Kier molecular flexibility index (Phi) is 4.40. The molecule has 144 valence electrons. The molecule has 5 rings (SSSR count). The lowest BCUT2D eigenvalue weighted by molar-refractivity contribution is 0.0674. The number of piperidine rings is 1. The summed E-state index contributed by atoms with van der Waals surface area (Å²) in [5, 5.41) is 3.39. The van der Waals surface area contributed by atoms with Gasteiger partial charge >= 0.3 is 0 Å². The van der Waals surface area contributed by atoms with Gasteiger partial charge in [0.15, 0.2) is 0 Å². The number of nitrogens with one attached hydrogen (secondary N) is 1. The summed E-state index contributed by atoms with van der Waals surface area (Å²) in [6, 6.07) is 14.2. The summed E-state index contributed by atoms with van der Waals surface area (Å²) in [5.74, 6) is 0.164. The molecule has 0 saturated carbocycles. The first-order chi connectivity index (χ1) is 13.7. The van der Waals surface area contributed by atoms with Crippen LogP contribution in [-0.4, -0.2) is 47.3 Å². The van der Waals surface area contributed by atoms with Crippen molar-refractivity contribution in [3.8, 4) is 0 Å². The first-order valence-electron chi connectivity index (χ1n) is 10.2. The molecule has 1 saturated heterocycles. The number of hydrogen-bond acceptors (Lipinski definition) is 3. The molecule has 0 bridgehead atoms. The largest absolute Gasteiger partial charge is 0.334 e. The Bertz CT molecular complexity index is 933. The molecule has 3 heterocycles. The molecule has 1 unspecified atom stereocenters. The van der Waals surface area contributed by atoms with Gasteiger partial charge in [0.1, 0.15) is 0 Å². The van der Waals surface area contributed by atoms with Crippen molar-refractivity contribution in [2.75, 3.05) is 19.6 Å². The number of hydrogen-bond donors (Lipinski definition) is 1. The Morgan fingerprint density at radius 2 is 1.89 bits per heavy atom. The van der Waals surface area contributed by atoms with E-state index in [1.165, 1.54) is 11.1 Å². The summed E-state index contributed by atoms with van der Waals surface area (Å²) < 4.78 is 0. The third-order valence-corrected chi connectivity index (χ3v) is 6.31. The van der Waals surface area contributed by atoms with Crippen molar-refractivity contribution < 1.29 is 9.59 Å². The Balaban J connectivity index is 1.35. The minimum Gasteiger partial charge on any atom is -0.334 e. The average Bonchev–Trinajstić information content (AvgIpc) is 3.09. The number of amides is 2. The van der Waals surface area contributed by atoms with Crippen LogP contribution >= 0.6 is 0 Å². The molecule has 5 heteroatoms. The van der Waals surface area contributed by atoms with E-state index >= 15 is 0 Å². The van der Waals surface area contributed by atoms with Gasteiger partial charge < -0.3 is 15.1 Å². The van der Waals surface area contributed by atoms with E-state index in [1.807, 2.05) is 34.1 Å². The molecule has 5 nitrogen and oxygen atoms in total. The van der Waals surface area contributed by atoms with Crippen molar-refractivity contribution in [3.05, 3.63) is 70.3 Å². The minimum absolute atomic E-state index is 0.0579. The van der Waals surface area contributed by atoms with Crippen LogP contribution in [0, 0.1) is 0 Å². The van der Waals surface area contributed by atoms with Crippen LogP contribution in [0.5, 0.6) is 0 Å². The van der Waals surface area contributed by atoms with Gasteiger partial charge in [0.2, 0.25) is 0 Å². The molecule has 0 aromatic heterocycles. The summed E-state index contributed by atoms with van der Waals surface area (Å²) >= 11 is 0. The predicted octanol–water partition coefficient (Wildman–Crippen LogP) is 2.59. The Hall–Kier alpha value is -2.66. The van der Waals surface area contributed by atoms with Gasteiger partial charge in [-0.2, -0.15) is 0 Å². The standard InChI is InChI=1S/C23H25N3O2/c27-22(25-11-9-16-4-1-2-5-18(16)14-25)17-7-8-21-19(12-17)15-26(23(21)28)20-6-3-10-24-13-20/h1-2,4-5,7-8,12,20,24H,3,6,9-11,13-15H2. The molecule has 1 fully saturated rings. The van der Waals surface area contributed by atoms with Crippen LogP contribution in [-0.2, 0) is 19.5 Å². The van der Waals surface area contributed by atoms with E-state index in [0.29, 0.717) is 18.7 Å². The highest BCUT2D eigenvalue weighted by atomic mass is 16.2. The maximum Gasteiger partial charge on any atom is 0.254 e. The predicted molar refractivity (Wildman–Crippen MR) is 107 cm³/mol. The molecule has 2 aromatic carbocycles. The minimum atomic E-state index is 0.0579. The molecule has 3 aliphatic rings. The van der Waals surface area contributed by atoms with E-state index < -0.39 is 0 Å². The van der Waals surface area contributed by atoms with E-state index in [9.17, 15) is 9.59 Å². The monoisotopic (exact) mass is 375 g/mol. The Labute approximate surface area is 165 Å². The first kappa shape index (κ1) is 17.4. The third kappa shape index (κ3) is 3.00. The van der Waals surface area contributed by atoms with Gasteiger partial charge in [-0.3, -0.25) is 9.59 Å². The van der Waals surface area contributed by atoms with E-state index in [1.54, 1.807) is 0 Å². The third-order valence-electron chi connectivity index (χ3n) is 6.31. The lowest BCUT2D eigenvalue weighted by Crippen LogP contribution is -2.46. The topological polar surface area (TPSA) is 52.7 Å². The number of rotatable bonds is 2. The second-order valence-electron chi connectivity index (χ2n) is 8.05. The SMILES string of the molecule is O=C(c1ccc2c(c1)CN(C1CCCNC1)C2=O)N1CCc2ccccc2C1. The van der Waals surface area contributed by atoms with E-state index in [-0.39, 0.29) is 17.9 Å². The van der Waals surface area contributed by atoms with Crippen molar-refractivity contribution in [1.29, 1.82) is 0 Å². The zero-order valence-corrected chi connectivity index (χ0v) is 16.0. The maximum absolute atomic E-state index is 13.1. The van der Waals surface area contributed by atoms with Crippen molar-refractivity contribution in [2.24, 2.45) is 0 Å². The van der Waals surface area contributed by atoms with Crippen LogP contribution < -0.4 is 5.32 Å². The van der Waals surface area contributed by atoms with Gasteiger partial charge in [0.25, 0.3) is 11.8 Å². The summed E-state index contributed by atoms with van der Waals surface area (Å²) in [7, 11) is 0. The molecule has 0 radical (unpaired) electrons. The number of nitrogens with zero attached hydrogens (tertiary/aromatic N) is 2. The second kappa shape index (κ2) is 7.06. The van der Waals surface area contributed by atoms with Crippen molar-refractivity contribution in [3.63, 3.8) is 0 Å². The van der Waals surface area contributed by atoms with Gasteiger partial charge in [0, 0.05) is 43.3 Å². The second-order valence-corrected chi connectivity index (χ2v) is 8.05. The van der Waals surface area contributed by atoms with Crippen LogP contribution in [0.3, 0.4) is 0 Å². The van der Waals surface area contributed by atoms with E-state index in [4.69, 9.17) is 0 Å². The lowest BCUT2D eigenvalue weighted by atomic mass is 9.98. The van der Waals surface area contributed by atoms with Crippen LogP contribution in [0.1, 0.15) is 50.2 Å². The first-order valence-corrected chi connectivity index (χ1v) is 10.2. The Morgan fingerprint density at radius 3 is 2.71 bits per heavy atom. The molecule has 0 aliphatic carbocycles. The van der Waals surface area contributed by atoms with Crippen LogP contribution in [0.2, 0.25) is 0 Å². The fourth-order valence-corrected chi connectivity index (χ4v) is 4.72. The zero-order chi connectivity index (χ0) is 19.1. The number of carbonyl (C=O) groups excluding carboxylic acids is 2. The van der Waals surface area contributed by atoms with Gasteiger partial charge in [-0.1, -0.05) is 24.3 Å². The van der Waals surface area contributed by atoms with Crippen LogP contribution in [0.25, 0.3) is 0 Å². The van der Waals surface area contributed by atoms with Crippen LogP contribution in [0.4, 0.5) is 0 Å². The maximum atomic E-state index is 13.1. The molecule has 1 N–H and O–H groups in total. The summed E-state index contributed by atoms with van der Waals surface area (Å²) in [4.78, 5) is 29.8. The number of benzene rings is 2. The van der Waals surface area contributed by atoms with Gasteiger partial charge in [0.05, 0.1) is 0 Å². The molecule has 2 amide bonds. The highest BCUT2D eigenvalue weighted by molar-refractivity contribution is 6.01. The highest BCUT2D eigenvalue weighted by Gasteiger charge is 2.34. The lowest BCUT2D eigenvalue weighted by Gasteiger charge is -2.31. The molecule has 3 aliphatic heterocycles. The number of fused-ring (bicyclic) bond motifs is 2. The summed E-state index contributed by atoms with van der Waals surface area (Å²) in [6.07, 6.45) is 3.05. The quantitative estimate of drug-likeness (QED) is 0.878. The smallest absolute Gasteiger partial charge is 0.254 e. The van der Waals surface area contributed by atoms with Crippen molar-refractivity contribution in [1.82, 2.24) is 15.1 Å². The van der Waals surface area contributed by atoms with Gasteiger partial charge in [-0.25, -0.2) is 0 Å². The fourth-order valence-electron chi connectivity index (χ4n) is 4.72. The molecular weight excluding hydrogens is 350 g/mol. The van der Waals surface area contributed by atoms with Crippen LogP contribution in [0.15, 0.2) is 42.5 Å². The van der Waals surface area contributed by atoms with Gasteiger partial charge in [-0.05, 0) is 60.7 Å². The summed E-state index contributed by atoms with van der Waals surface area (Å²) in [6.45, 7) is 3.91. The highest BCUT2D eigenvalue weighted by Crippen LogP contribution is 2.28. The van der Waals surface area contributed by atoms with Crippen molar-refractivity contribution in [2.45, 2.75) is 38.4 Å². The average molecular weight is 375 g/mol. The zero-order valence-electron chi connectivity index (χ0n) is 16.0. The molecular formula is C23H25N3O2. The van der Waals surface area contributed by atoms with E-state index in [0.717, 1.165) is 50.0 Å². The molecule has 2 aromatic rings. The summed E-state index contributed by atoms with van der Waals surface area (Å²) in [5.41, 5.74) is 5.00. The molecule has 28 heavy (non-hydrogen) atoms.